The number of pyridine rings is 1. The second-order valence-corrected chi connectivity index (χ2v) is 9.96. The first-order valence-corrected chi connectivity index (χ1v) is 13.0. The third kappa shape index (κ3) is 5.03. The summed E-state index contributed by atoms with van der Waals surface area (Å²) in [6.07, 6.45) is 8.57. The molecule has 0 unspecified atom stereocenters. The van der Waals surface area contributed by atoms with Crippen LogP contribution in [-0.4, -0.2) is 55.4 Å². The van der Waals surface area contributed by atoms with E-state index >= 15 is 0 Å². The lowest BCUT2D eigenvalue weighted by molar-refractivity contribution is -0.129. The van der Waals surface area contributed by atoms with Crippen molar-refractivity contribution in [3.8, 4) is 11.3 Å². The molecule has 0 saturated carbocycles. The van der Waals surface area contributed by atoms with E-state index in [1.54, 1.807) is 31.6 Å². The molecule has 1 saturated heterocycles. The van der Waals surface area contributed by atoms with Gasteiger partial charge in [-0.1, -0.05) is 12.1 Å². The van der Waals surface area contributed by atoms with Gasteiger partial charge >= 0.3 is 0 Å². The van der Waals surface area contributed by atoms with Gasteiger partial charge in [0.2, 0.25) is 5.91 Å². The molecule has 0 spiro atoms. The Labute approximate surface area is 225 Å². The fourth-order valence-corrected chi connectivity index (χ4v) is 5.10. The number of hydrogen-bond acceptors (Lipinski definition) is 6. The third-order valence-electron chi connectivity index (χ3n) is 7.35. The zero-order valence-corrected chi connectivity index (χ0v) is 21.9. The normalized spacial score (nSPS) is 14.1. The summed E-state index contributed by atoms with van der Waals surface area (Å²) in [6.45, 7) is 2.89. The summed E-state index contributed by atoms with van der Waals surface area (Å²) >= 11 is 0. The third-order valence-corrected chi connectivity index (χ3v) is 7.35. The second kappa shape index (κ2) is 10.2. The molecular weight excluding hydrogens is 490 g/mol. The van der Waals surface area contributed by atoms with E-state index in [4.69, 9.17) is 4.98 Å². The number of nitrogens with one attached hydrogen (secondary N) is 2. The first-order valence-electron chi connectivity index (χ1n) is 13.0. The number of likely N-dealkylation sites (tertiary alicyclic amines) is 1. The molecule has 2 aromatic carbocycles. The van der Waals surface area contributed by atoms with E-state index in [2.05, 4.69) is 49.4 Å². The molecule has 39 heavy (non-hydrogen) atoms. The number of fused-ring (bicyclic) bond motifs is 2. The number of aromatic nitrogens is 4. The molecule has 9 nitrogen and oxygen atoms in total. The minimum atomic E-state index is -0.167. The number of aryl methyl sites for hydroxylation is 1. The van der Waals surface area contributed by atoms with Gasteiger partial charge in [-0.2, -0.15) is 0 Å². The van der Waals surface area contributed by atoms with Gasteiger partial charge in [0.05, 0.1) is 40.4 Å². The maximum Gasteiger partial charge on any atom is 0.253 e. The highest BCUT2D eigenvalue weighted by atomic mass is 16.2. The van der Waals surface area contributed by atoms with Crippen molar-refractivity contribution >= 4 is 45.1 Å². The molecule has 1 aliphatic heterocycles. The summed E-state index contributed by atoms with van der Waals surface area (Å²) in [5, 5.41) is 7.65. The first kappa shape index (κ1) is 24.5. The van der Waals surface area contributed by atoms with Crippen LogP contribution in [0, 0.1) is 0 Å². The predicted octanol–water partition coefficient (Wildman–Crippen LogP) is 4.67. The molecule has 3 aromatic heterocycles. The van der Waals surface area contributed by atoms with Crippen molar-refractivity contribution < 1.29 is 9.59 Å². The van der Waals surface area contributed by atoms with Gasteiger partial charge in [-0.15, -0.1) is 0 Å². The average molecular weight is 520 g/mol. The Morgan fingerprint density at radius 1 is 0.974 bits per heavy atom. The summed E-state index contributed by atoms with van der Waals surface area (Å²) in [5.41, 5.74) is 6.35. The molecular formula is C30H29N7O2. The average Bonchev–Trinajstić information content (AvgIpc) is 3.33. The predicted molar refractivity (Wildman–Crippen MR) is 152 cm³/mol. The minimum absolute atomic E-state index is 0.0262. The van der Waals surface area contributed by atoms with Crippen molar-refractivity contribution in [3.05, 3.63) is 78.9 Å². The summed E-state index contributed by atoms with van der Waals surface area (Å²) in [6, 6.07) is 15.9. The van der Waals surface area contributed by atoms with Crippen molar-refractivity contribution in [1.29, 1.82) is 0 Å². The van der Waals surface area contributed by atoms with E-state index in [1.165, 1.54) is 5.39 Å². The van der Waals surface area contributed by atoms with Gasteiger partial charge in [-0.25, -0.2) is 4.98 Å². The van der Waals surface area contributed by atoms with Gasteiger partial charge in [-0.05, 0) is 54.6 Å². The molecule has 0 aliphatic carbocycles. The van der Waals surface area contributed by atoms with Gasteiger partial charge in [0.1, 0.15) is 0 Å². The number of hydrogen-bond donors (Lipinski definition) is 2. The van der Waals surface area contributed by atoms with Gasteiger partial charge < -0.3 is 20.1 Å². The maximum atomic E-state index is 13.2. The number of carbonyl (C=O) groups excluding carboxylic acids is 2. The summed E-state index contributed by atoms with van der Waals surface area (Å²) in [7, 11) is 2.03. The van der Waals surface area contributed by atoms with Crippen LogP contribution in [0.5, 0.6) is 0 Å². The lowest BCUT2D eigenvalue weighted by Gasteiger charge is -2.31. The molecule has 2 N–H and O–H groups in total. The SMILES string of the molecule is CC(=O)N1CCC(NC(=O)c2ccncc2Nc2ccc3ncc(-c4ccc5ccn(C)c5c4)nc3c2)CC1. The molecule has 5 aromatic rings. The standard InChI is InChI=1S/C30H29N7O2/c1-19(38)37-13-9-22(10-14-37)34-30(39)24-7-11-31-17-28(24)33-23-5-6-25-26(16-23)35-27(18-32-25)21-4-3-20-8-12-36(2)29(20)15-21/h3-8,11-12,15-18,22,33H,9-10,13-14H2,1-2H3,(H,34,39). The second-order valence-electron chi connectivity index (χ2n) is 9.96. The number of amides is 2. The Balaban J connectivity index is 1.22. The fourth-order valence-electron chi connectivity index (χ4n) is 5.10. The number of benzene rings is 2. The monoisotopic (exact) mass is 519 g/mol. The number of carbonyl (C=O) groups is 2. The van der Waals surface area contributed by atoms with Gasteiger partial charge in [0.25, 0.3) is 5.91 Å². The van der Waals surface area contributed by atoms with Crippen molar-refractivity contribution in [1.82, 2.24) is 29.7 Å². The smallest absolute Gasteiger partial charge is 0.253 e. The Kier molecular flexibility index (Phi) is 6.40. The number of piperidine rings is 1. The molecule has 0 atom stereocenters. The molecule has 1 fully saturated rings. The van der Waals surface area contributed by atoms with Crippen molar-refractivity contribution in [3.63, 3.8) is 0 Å². The summed E-state index contributed by atoms with van der Waals surface area (Å²) in [5.74, 6) is -0.0927. The quantitative estimate of drug-likeness (QED) is 0.350. The minimum Gasteiger partial charge on any atom is -0.354 e. The van der Waals surface area contributed by atoms with Crippen molar-refractivity contribution in [2.24, 2.45) is 7.05 Å². The van der Waals surface area contributed by atoms with E-state index in [0.717, 1.165) is 46.3 Å². The highest BCUT2D eigenvalue weighted by Crippen LogP contribution is 2.27. The van der Waals surface area contributed by atoms with Crippen LogP contribution in [0.25, 0.3) is 33.2 Å². The largest absolute Gasteiger partial charge is 0.354 e. The Bertz CT molecular complexity index is 1700. The Morgan fingerprint density at radius 3 is 2.64 bits per heavy atom. The van der Waals surface area contributed by atoms with Crippen LogP contribution in [0.4, 0.5) is 11.4 Å². The van der Waals surface area contributed by atoms with Crippen LogP contribution in [0.15, 0.2) is 73.3 Å². The molecule has 1 aliphatic rings. The fraction of sp³-hybridized carbons (Fsp3) is 0.233. The first-order chi connectivity index (χ1) is 18.9. The highest BCUT2D eigenvalue weighted by Gasteiger charge is 2.23. The Morgan fingerprint density at radius 2 is 1.82 bits per heavy atom. The van der Waals surface area contributed by atoms with Crippen LogP contribution < -0.4 is 10.6 Å². The van der Waals surface area contributed by atoms with E-state index in [1.807, 2.05) is 36.3 Å². The molecule has 9 heteroatoms. The zero-order valence-electron chi connectivity index (χ0n) is 21.9. The van der Waals surface area contributed by atoms with Crippen LogP contribution in [0.1, 0.15) is 30.1 Å². The number of rotatable bonds is 5. The maximum absolute atomic E-state index is 13.2. The van der Waals surface area contributed by atoms with E-state index < -0.39 is 0 Å². The number of nitrogens with zero attached hydrogens (tertiary/aromatic N) is 5. The van der Waals surface area contributed by atoms with Crippen molar-refractivity contribution in [2.75, 3.05) is 18.4 Å². The molecule has 196 valence electrons. The molecule has 2 amide bonds. The van der Waals surface area contributed by atoms with Gasteiger partial charge in [-0.3, -0.25) is 19.6 Å². The van der Waals surface area contributed by atoms with E-state index in [-0.39, 0.29) is 17.9 Å². The van der Waals surface area contributed by atoms with Gasteiger partial charge in [0, 0.05) is 62.3 Å². The molecule has 0 radical (unpaired) electrons. The Hall–Kier alpha value is -4.79. The van der Waals surface area contributed by atoms with Crippen molar-refractivity contribution in [2.45, 2.75) is 25.8 Å². The number of anilines is 2. The molecule has 6 rings (SSSR count). The highest BCUT2D eigenvalue weighted by molar-refractivity contribution is 6.00. The van der Waals surface area contributed by atoms with Crippen LogP contribution in [0.2, 0.25) is 0 Å². The van der Waals surface area contributed by atoms with Crippen LogP contribution in [-0.2, 0) is 11.8 Å². The summed E-state index contributed by atoms with van der Waals surface area (Å²) < 4.78 is 2.09. The topological polar surface area (TPSA) is 105 Å². The molecule has 0 bridgehead atoms. The zero-order chi connectivity index (χ0) is 26.9. The molecule has 4 heterocycles. The lowest BCUT2D eigenvalue weighted by atomic mass is 10.0. The van der Waals surface area contributed by atoms with Crippen LogP contribution in [0.3, 0.4) is 0 Å². The summed E-state index contributed by atoms with van der Waals surface area (Å²) in [4.78, 5) is 40.3. The van der Waals surface area contributed by atoms with Crippen LogP contribution >= 0.6 is 0 Å². The lowest BCUT2D eigenvalue weighted by Crippen LogP contribution is -2.46. The van der Waals surface area contributed by atoms with E-state index in [9.17, 15) is 9.59 Å². The van der Waals surface area contributed by atoms with E-state index in [0.29, 0.717) is 24.3 Å². The van der Waals surface area contributed by atoms with Gasteiger partial charge in [0.15, 0.2) is 0 Å².